The van der Waals surface area contributed by atoms with E-state index in [1.165, 1.54) is 12.7 Å². The van der Waals surface area contributed by atoms with Crippen LogP contribution in [0.2, 0.25) is 0 Å². The summed E-state index contributed by atoms with van der Waals surface area (Å²) in [5, 5.41) is 23.4. The van der Waals surface area contributed by atoms with E-state index in [0.29, 0.717) is 18.8 Å². The number of aliphatic hydroxyl groups is 1. The zero-order valence-corrected chi connectivity index (χ0v) is 14.2. The minimum atomic E-state index is 0.0857. The second kappa shape index (κ2) is 7.48. The molecule has 23 heavy (non-hydrogen) atoms. The van der Waals surface area contributed by atoms with E-state index in [9.17, 15) is 5.11 Å². The van der Waals surface area contributed by atoms with Crippen LogP contribution in [0.3, 0.4) is 0 Å². The molecule has 6 nitrogen and oxygen atoms in total. The van der Waals surface area contributed by atoms with Crippen molar-refractivity contribution in [3.05, 3.63) is 40.7 Å². The summed E-state index contributed by atoms with van der Waals surface area (Å²) in [7, 11) is 3.57. The van der Waals surface area contributed by atoms with Crippen molar-refractivity contribution in [3.8, 4) is 11.5 Å². The lowest BCUT2D eigenvalue weighted by Gasteiger charge is -2.17. The Hall–Kier alpha value is -2.05. The second-order valence-corrected chi connectivity index (χ2v) is 5.77. The molecule has 126 valence electrons. The minimum Gasteiger partial charge on any atom is -0.504 e. The third-order valence-electron chi connectivity index (χ3n) is 3.97. The highest BCUT2D eigenvalue weighted by Crippen LogP contribution is 2.27. The Labute approximate surface area is 136 Å². The van der Waals surface area contributed by atoms with Crippen molar-refractivity contribution >= 4 is 0 Å². The van der Waals surface area contributed by atoms with Gasteiger partial charge in [-0.15, -0.1) is 0 Å². The first kappa shape index (κ1) is 17.3. The van der Waals surface area contributed by atoms with Crippen LogP contribution in [0.5, 0.6) is 11.5 Å². The van der Waals surface area contributed by atoms with E-state index in [2.05, 4.69) is 10.00 Å². The number of aromatic hydroxyl groups is 1. The number of nitrogens with zero attached hydrogens (tertiary/aromatic N) is 3. The van der Waals surface area contributed by atoms with Crippen molar-refractivity contribution in [3.63, 3.8) is 0 Å². The van der Waals surface area contributed by atoms with Crippen LogP contribution in [0, 0.1) is 13.8 Å². The molecule has 1 aromatic carbocycles. The van der Waals surface area contributed by atoms with Gasteiger partial charge in [0.15, 0.2) is 11.5 Å². The van der Waals surface area contributed by atoms with Gasteiger partial charge in [0.2, 0.25) is 0 Å². The van der Waals surface area contributed by atoms with Crippen LogP contribution >= 0.6 is 0 Å². The van der Waals surface area contributed by atoms with Gasteiger partial charge in [0.05, 0.1) is 26.0 Å². The average Bonchev–Trinajstić information content (AvgIpc) is 2.75. The molecule has 1 aromatic heterocycles. The number of methoxy groups -OCH3 is 1. The van der Waals surface area contributed by atoms with Crippen molar-refractivity contribution in [1.82, 2.24) is 14.7 Å². The number of aromatic nitrogens is 2. The SMILES string of the molecule is COc1ccc(CN(C)Cc2c(C)nn(CCO)c2C)cc1O. The monoisotopic (exact) mass is 319 g/mol. The number of benzene rings is 1. The normalized spacial score (nSPS) is 11.2. The largest absolute Gasteiger partial charge is 0.504 e. The Morgan fingerprint density at radius 3 is 2.61 bits per heavy atom. The Kier molecular flexibility index (Phi) is 5.63. The zero-order valence-electron chi connectivity index (χ0n) is 14.2. The van der Waals surface area contributed by atoms with Crippen molar-refractivity contribution in [2.75, 3.05) is 20.8 Å². The fourth-order valence-electron chi connectivity index (χ4n) is 2.75. The molecule has 0 aliphatic carbocycles. The molecule has 2 aromatic rings. The van der Waals surface area contributed by atoms with Gasteiger partial charge in [0.25, 0.3) is 0 Å². The number of phenolic OH excluding ortho intramolecular Hbond substituents is 1. The third kappa shape index (κ3) is 4.03. The number of rotatable bonds is 7. The summed E-state index contributed by atoms with van der Waals surface area (Å²) in [6, 6.07) is 5.45. The summed E-state index contributed by atoms with van der Waals surface area (Å²) in [5.74, 6) is 0.634. The van der Waals surface area contributed by atoms with Crippen LogP contribution in [0.1, 0.15) is 22.5 Å². The second-order valence-electron chi connectivity index (χ2n) is 5.77. The summed E-state index contributed by atoms with van der Waals surface area (Å²) in [4.78, 5) is 2.17. The average molecular weight is 319 g/mol. The number of hydrogen-bond donors (Lipinski definition) is 2. The Morgan fingerprint density at radius 2 is 2.00 bits per heavy atom. The number of phenols is 1. The van der Waals surface area contributed by atoms with Crippen LogP contribution in [0.4, 0.5) is 0 Å². The van der Waals surface area contributed by atoms with Gasteiger partial charge >= 0.3 is 0 Å². The predicted molar refractivity (Wildman–Crippen MR) is 88.6 cm³/mol. The molecule has 0 aliphatic heterocycles. The van der Waals surface area contributed by atoms with Crippen molar-refractivity contribution in [2.24, 2.45) is 0 Å². The molecule has 0 spiro atoms. The number of ether oxygens (including phenoxy) is 1. The summed E-state index contributed by atoms with van der Waals surface area (Å²) in [5.41, 5.74) is 4.27. The lowest BCUT2D eigenvalue weighted by molar-refractivity contribution is 0.267. The molecule has 0 fully saturated rings. The smallest absolute Gasteiger partial charge is 0.160 e. The van der Waals surface area contributed by atoms with E-state index in [1.807, 2.05) is 31.6 Å². The highest BCUT2D eigenvalue weighted by Gasteiger charge is 2.14. The molecule has 0 amide bonds. The van der Waals surface area contributed by atoms with Gasteiger partial charge in [-0.25, -0.2) is 0 Å². The lowest BCUT2D eigenvalue weighted by atomic mass is 10.1. The van der Waals surface area contributed by atoms with Crippen molar-refractivity contribution < 1.29 is 14.9 Å². The topological polar surface area (TPSA) is 70.8 Å². The summed E-state index contributed by atoms with van der Waals surface area (Å²) < 4.78 is 6.91. The van der Waals surface area contributed by atoms with E-state index >= 15 is 0 Å². The predicted octanol–water partition coefficient (Wildman–Crippen LogP) is 1.84. The maximum absolute atomic E-state index is 9.86. The van der Waals surface area contributed by atoms with E-state index in [4.69, 9.17) is 9.84 Å². The molecule has 0 saturated heterocycles. The van der Waals surface area contributed by atoms with Gasteiger partial charge in [0.1, 0.15) is 0 Å². The standard InChI is InChI=1S/C17H25N3O3/c1-12-15(13(2)20(18-12)7-8-21)11-19(3)10-14-5-6-17(23-4)16(22)9-14/h5-6,9,21-22H,7-8,10-11H2,1-4H3. The number of hydrogen-bond acceptors (Lipinski definition) is 5. The first-order valence-corrected chi connectivity index (χ1v) is 7.64. The number of aryl methyl sites for hydroxylation is 1. The van der Waals surface area contributed by atoms with Crippen LogP contribution < -0.4 is 4.74 Å². The molecule has 0 atom stereocenters. The van der Waals surface area contributed by atoms with Gasteiger partial charge < -0.3 is 14.9 Å². The maximum Gasteiger partial charge on any atom is 0.160 e. The van der Waals surface area contributed by atoms with Crippen molar-refractivity contribution in [2.45, 2.75) is 33.5 Å². The van der Waals surface area contributed by atoms with E-state index in [-0.39, 0.29) is 12.4 Å². The molecular weight excluding hydrogens is 294 g/mol. The quantitative estimate of drug-likeness (QED) is 0.815. The van der Waals surface area contributed by atoms with Crippen LogP contribution in [-0.4, -0.2) is 45.7 Å². The minimum absolute atomic E-state index is 0.0857. The van der Waals surface area contributed by atoms with Gasteiger partial charge in [-0.3, -0.25) is 9.58 Å². The van der Waals surface area contributed by atoms with Crippen LogP contribution in [-0.2, 0) is 19.6 Å². The molecule has 0 radical (unpaired) electrons. The molecule has 0 aliphatic rings. The molecule has 6 heteroatoms. The summed E-state index contributed by atoms with van der Waals surface area (Å²) >= 11 is 0. The Morgan fingerprint density at radius 1 is 1.26 bits per heavy atom. The van der Waals surface area contributed by atoms with E-state index < -0.39 is 0 Å². The molecule has 2 N–H and O–H groups in total. The summed E-state index contributed by atoms with van der Waals surface area (Å²) in [6.07, 6.45) is 0. The van der Waals surface area contributed by atoms with Crippen LogP contribution in [0.25, 0.3) is 0 Å². The fraction of sp³-hybridized carbons (Fsp3) is 0.471. The summed E-state index contributed by atoms with van der Waals surface area (Å²) in [6.45, 7) is 6.09. The highest BCUT2D eigenvalue weighted by molar-refractivity contribution is 5.41. The first-order valence-electron chi connectivity index (χ1n) is 7.64. The molecule has 0 saturated carbocycles. The molecule has 0 unspecified atom stereocenters. The maximum atomic E-state index is 9.86. The van der Waals surface area contributed by atoms with E-state index in [1.54, 1.807) is 12.1 Å². The fourth-order valence-corrected chi connectivity index (χ4v) is 2.75. The van der Waals surface area contributed by atoms with Gasteiger partial charge in [0, 0.05) is 24.3 Å². The van der Waals surface area contributed by atoms with Crippen LogP contribution in [0.15, 0.2) is 18.2 Å². The molecule has 0 bridgehead atoms. The molecule has 1 heterocycles. The highest BCUT2D eigenvalue weighted by atomic mass is 16.5. The molecule has 2 rings (SSSR count). The molecular formula is C17H25N3O3. The third-order valence-corrected chi connectivity index (χ3v) is 3.97. The van der Waals surface area contributed by atoms with Gasteiger partial charge in [-0.1, -0.05) is 6.07 Å². The van der Waals surface area contributed by atoms with Gasteiger partial charge in [-0.2, -0.15) is 5.10 Å². The van der Waals surface area contributed by atoms with Gasteiger partial charge in [-0.05, 0) is 38.6 Å². The van der Waals surface area contributed by atoms with Crippen molar-refractivity contribution in [1.29, 1.82) is 0 Å². The first-order chi connectivity index (χ1) is 11.0. The number of aliphatic hydroxyl groups excluding tert-OH is 1. The Bertz CT molecular complexity index is 667. The van der Waals surface area contributed by atoms with E-state index in [0.717, 1.165) is 23.5 Å². The lowest BCUT2D eigenvalue weighted by Crippen LogP contribution is -2.18. The Balaban J connectivity index is 2.08. The zero-order chi connectivity index (χ0) is 17.0.